The van der Waals surface area contributed by atoms with E-state index in [1.54, 1.807) is 6.07 Å². The Morgan fingerprint density at radius 2 is 1.44 bits per heavy atom. The molecule has 0 amide bonds. The molecule has 0 fully saturated rings. The van der Waals surface area contributed by atoms with Gasteiger partial charge in [-0.05, 0) is 48.7 Å². The predicted molar refractivity (Wildman–Crippen MR) is 98.3 cm³/mol. The van der Waals surface area contributed by atoms with Crippen molar-refractivity contribution in [3.05, 3.63) is 94.6 Å². The number of hydrogen-bond acceptors (Lipinski definition) is 0. The molecule has 0 unspecified atom stereocenters. The Kier molecular flexibility index (Phi) is 4.95. The molecule has 0 bridgehead atoms. The van der Waals surface area contributed by atoms with Crippen molar-refractivity contribution in [1.82, 2.24) is 0 Å². The van der Waals surface area contributed by atoms with Crippen molar-refractivity contribution in [3.8, 4) is 23.0 Å². The molecule has 3 rings (SSSR count). The fourth-order valence-electron chi connectivity index (χ4n) is 2.57. The summed E-state index contributed by atoms with van der Waals surface area (Å²) in [5.74, 6) is 3.83. The van der Waals surface area contributed by atoms with E-state index >= 15 is 0 Å². The minimum atomic E-state index is -0.906. The number of rotatable bonds is 2. The Hall–Kier alpha value is -2.92. The first kappa shape index (κ1) is 16.9. The molecule has 0 aliphatic heterocycles. The molecule has 0 radical (unpaired) electrons. The largest absolute Gasteiger partial charge is 0.203 e. The molecule has 0 nitrogen and oxygen atoms in total. The van der Waals surface area contributed by atoms with E-state index in [0.29, 0.717) is 5.56 Å². The van der Waals surface area contributed by atoms with E-state index in [0.717, 1.165) is 23.1 Å². The van der Waals surface area contributed by atoms with Crippen molar-refractivity contribution in [2.24, 2.45) is 0 Å². The van der Waals surface area contributed by atoms with Gasteiger partial charge in [0.05, 0.1) is 5.56 Å². The van der Waals surface area contributed by atoms with Crippen LogP contribution in [0.4, 0.5) is 8.78 Å². The molecule has 25 heavy (non-hydrogen) atoms. The van der Waals surface area contributed by atoms with Crippen molar-refractivity contribution in [2.45, 2.75) is 20.3 Å². The SMILES string of the molecule is CCc1ccc(-c2ccc(C#Cc3ccc(C)cc3)c(F)c2F)cc1. The van der Waals surface area contributed by atoms with E-state index in [-0.39, 0.29) is 11.1 Å². The minimum absolute atomic E-state index is 0.0620. The lowest BCUT2D eigenvalue weighted by atomic mass is 10.0. The van der Waals surface area contributed by atoms with Crippen molar-refractivity contribution in [2.75, 3.05) is 0 Å². The second-order valence-corrected chi connectivity index (χ2v) is 5.96. The molecule has 124 valence electrons. The van der Waals surface area contributed by atoms with E-state index in [1.165, 1.54) is 6.07 Å². The summed E-state index contributed by atoms with van der Waals surface area (Å²) < 4.78 is 28.8. The first-order chi connectivity index (χ1) is 12.1. The predicted octanol–water partition coefficient (Wildman–Crippen LogP) is 5.90. The zero-order chi connectivity index (χ0) is 17.8. The highest BCUT2D eigenvalue weighted by Crippen LogP contribution is 2.26. The molecule has 2 heteroatoms. The van der Waals surface area contributed by atoms with Crippen LogP contribution < -0.4 is 0 Å². The lowest BCUT2D eigenvalue weighted by Gasteiger charge is -2.07. The molecule has 0 heterocycles. The van der Waals surface area contributed by atoms with E-state index in [1.807, 2.05) is 55.5 Å². The molecule has 0 aliphatic carbocycles. The third kappa shape index (κ3) is 3.78. The summed E-state index contributed by atoms with van der Waals surface area (Å²) in [7, 11) is 0. The van der Waals surface area contributed by atoms with Crippen LogP contribution in [0.25, 0.3) is 11.1 Å². The van der Waals surface area contributed by atoms with E-state index < -0.39 is 11.6 Å². The van der Waals surface area contributed by atoms with E-state index in [9.17, 15) is 8.78 Å². The van der Waals surface area contributed by atoms with Crippen molar-refractivity contribution < 1.29 is 8.78 Å². The maximum atomic E-state index is 14.5. The molecular formula is C23H18F2. The molecule has 3 aromatic rings. The summed E-state index contributed by atoms with van der Waals surface area (Å²) in [5, 5.41) is 0. The smallest absolute Gasteiger partial charge is 0.175 e. The van der Waals surface area contributed by atoms with Gasteiger partial charge in [0, 0.05) is 11.1 Å². The first-order valence-corrected chi connectivity index (χ1v) is 8.24. The fraction of sp³-hybridized carbons (Fsp3) is 0.130. The second-order valence-electron chi connectivity index (χ2n) is 5.96. The van der Waals surface area contributed by atoms with Crippen LogP contribution in [0.5, 0.6) is 0 Å². The zero-order valence-corrected chi connectivity index (χ0v) is 14.2. The summed E-state index contributed by atoms with van der Waals surface area (Å²) in [6.45, 7) is 4.04. The van der Waals surface area contributed by atoms with Gasteiger partial charge in [-0.3, -0.25) is 0 Å². The maximum absolute atomic E-state index is 14.5. The molecule has 0 saturated carbocycles. The fourth-order valence-corrected chi connectivity index (χ4v) is 2.57. The molecule has 0 aliphatic rings. The monoisotopic (exact) mass is 332 g/mol. The summed E-state index contributed by atoms with van der Waals surface area (Å²) in [4.78, 5) is 0. The van der Waals surface area contributed by atoms with Crippen molar-refractivity contribution >= 4 is 0 Å². The first-order valence-electron chi connectivity index (χ1n) is 8.24. The van der Waals surface area contributed by atoms with Gasteiger partial charge in [-0.1, -0.05) is 60.7 Å². The van der Waals surface area contributed by atoms with Crippen LogP contribution >= 0.6 is 0 Å². The van der Waals surface area contributed by atoms with E-state index in [2.05, 4.69) is 18.8 Å². The standard InChI is InChI=1S/C23H18F2/c1-3-17-8-11-19(12-9-17)21-15-14-20(22(24)23(21)25)13-10-18-6-4-16(2)5-7-18/h4-9,11-12,14-15H,3H2,1-2H3. The number of aryl methyl sites for hydroxylation is 2. The molecule has 0 aromatic heterocycles. The summed E-state index contributed by atoms with van der Waals surface area (Å²) >= 11 is 0. The maximum Gasteiger partial charge on any atom is 0.175 e. The normalized spacial score (nSPS) is 10.2. The van der Waals surface area contributed by atoms with Gasteiger partial charge in [-0.2, -0.15) is 0 Å². The van der Waals surface area contributed by atoms with Crippen LogP contribution in [0.3, 0.4) is 0 Å². The Morgan fingerprint density at radius 1 is 0.760 bits per heavy atom. The second kappa shape index (κ2) is 7.32. The summed E-state index contributed by atoms with van der Waals surface area (Å²) in [6, 6.07) is 18.2. The number of hydrogen-bond donors (Lipinski definition) is 0. The Balaban J connectivity index is 1.94. The highest BCUT2D eigenvalue weighted by atomic mass is 19.2. The Morgan fingerprint density at radius 3 is 2.08 bits per heavy atom. The molecule has 0 atom stereocenters. The van der Waals surface area contributed by atoms with Gasteiger partial charge in [0.1, 0.15) is 0 Å². The third-order valence-corrected chi connectivity index (χ3v) is 4.15. The van der Waals surface area contributed by atoms with Gasteiger partial charge >= 0.3 is 0 Å². The molecule has 0 saturated heterocycles. The lowest BCUT2D eigenvalue weighted by Crippen LogP contribution is -1.94. The van der Waals surface area contributed by atoms with Gasteiger partial charge in [0.25, 0.3) is 0 Å². The molecule has 3 aromatic carbocycles. The van der Waals surface area contributed by atoms with Crippen LogP contribution in [0.15, 0.2) is 60.7 Å². The van der Waals surface area contributed by atoms with Crippen molar-refractivity contribution in [3.63, 3.8) is 0 Å². The van der Waals surface area contributed by atoms with Gasteiger partial charge < -0.3 is 0 Å². The van der Waals surface area contributed by atoms with Crippen molar-refractivity contribution in [1.29, 1.82) is 0 Å². The van der Waals surface area contributed by atoms with Crippen LogP contribution in [0, 0.1) is 30.4 Å². The number of benzene rings is 3. The van der Waals surface area contributed by atoms with Gasteiger partial charge in [-0.15, -0.1) is 0 Å². The Bertz CT molecular complexity index is 940. The molecular weight excluding hydrogens is 314 g/mol. The average Bonchev–Trinajstić information content (AvgIpc) is 2.64. The Labute approximate surface area is 147 Å². The van der Waals surface area contributed by atoms with Gasteiger partial charge in [0.2, 0.25) is 0 Å². The highest BCUT2D eigenvalue weighted by Gasteiger charge is 2.13. The van der Waals surface area contributed by atoms with Crippen LogP contribution in [0.2, 0.25) is 0 Å². The van der Waals surface area contributed by atoms with Crippen LogP contribution in [-0.4, -0.2) is 0 Å². The average molecular weight is 332 g/mol. The quantitative estimate of drug-likeness (QED) is 0.512. The lowest BCUT2D eigenvalue weighted by molar-refractivity contribution is 0.509. The topological polar surface area (TPSA) is 0 Å². The number of halogens is 2. The van der Waals surface area contributed by atoms with Crippen LogP contribution in [-0.2, 0) is 6.42 Å². The third-order valence-electron chi connectivity index (χ3n) is 4.15. The summed E-state index contributed by atoms with van der Waals surface area (Å²) in [6.07, 6.45) is 0.907. The zero-order valence-electron chi connectivity index (χ0n) is 14.2. The molecule has 0 N–H and O–H groups in total. The highest BCUT2D eigenvalue weighted by molar-refractivity contribution is 5.66. The van der Waals surface area contributed by atoms with E-state index in [4.69, 9.17) is 0 Å². The van der Waals surface area contributed by atoms with Crippen LogP contribution in [0.1, 0.15) is 29.2 Å². The van der Waals surface area contributed by atoms with Gasteiger partial charge in [-0.25, -0.2) is 8.78 Å². The van der Waals surface area contributed by atoms with Gasteiger partial charge in [0.15, 0.2) is 11.6 Å². The molecule has 0 spiro atoms. The summed E-state index contributed by atoms with van der Waals surface area (Å²) in [5.41, 5.74) is 4.02. The minimum Gasteiger partial charge on any atom is -0.203 e.